The van der Waals surface area contributed by atoms with Crippen molar-refractivity contribution in [2.24, 2.45) is 17.3 Å². The van der Waals surface area contributed by atoms with Crippen LogP contribution in [-0.4, -0.2) is 18.2 Å². The molecular formula is C14H13F2NO2. The van der Waals surface area contributed by atoms with Crippen molar-refractivity contribution in [1.82, 2.24) is 0 Å². The third-order valence-corrected chi connectivity index (χ3v) is 4.40. The minimum atomic E-state index is -1.02. The van der Waals surface area contributed by atoms with Gasteiger partial charge in [-0.25, -0.2) is 8.78 Å². The summed E-state index contributed by atoms with van der Waals surface area (Å²) >= 11 is 0. The van der Waals surface area contributed by atoms with E-state index in [1.54, 1.807) is 0 Å². The predicted molar refractivity (Wildman–Crippen MR) is 64.5 cm³/mol. The Morgan fingerprint density at radius 2 is 1.95 bits per heavy atom. The van der Waals surface area contributed by atoms with Crippen LogP contribution in [0.4, 0.5) is 14.5 Å². The van der Waals surface area contributed by atoms with Gasteiger partial charge >= 0.3 is 0 Å². The molecule has 1 aromatic carbocycles. The summed E-state index contributed by atoms with van der Waals surface area (Å²) in [7, 11) is 0. The van der Waals surface area contributed by atoms with Crippen LogP contribution < -0.4 is 4.90 Å². The van der Waals surface area contributed by atoms with Crippen LogP contribution in [0.15, 0.2) is 18.2 Å². The summed E-state index contributed by atoms with van der Waals surface area (Å²) in [6, 6.07) is 2.67. The molecule has 5 heteroatoms. The van der Waals surface area contributed by atoms with Crippen molar-refractivity contribution in [3.63, 3.8) is 0 Å². The normalized spacial score (nSPS) is 31.3. The molecule has 3 atom stereocenters. The molecule has 3 nitrogen and oxygen atoms in total. The molecule has 1 heterocycles. The number of halogens is 2. The lowest BCUT2D eigenvalue weighted by Gasteiger charge is -2.27. The van der Waals surface area contributed by atoms with Gasteiger partial charge in [0, 0.05) is 23.6 Å². The molecule has 1 aromatic rings. The summed E-state index contributed by atoms with van der Waals surface area (Å²) in [6.07, 6.45) is 0.721. The molecule has 0 spiro atoms. The summed E-state index contributed by atoms with van der Waals surface area (Å²) < 4.78 is 26.2. The minimum Gasteiger partial charge on any atom is -0.302 e. The van der Waals surface area contributed by atoms with Crippen molar-refractivity contribution in [3.05, 3.63) is 29.8 Å². The predicted octanol–water partition coefficient (Wildman–Crippen LogP) is 2.15. The van der Waals surface area contributed by atoms with Crippen LogP contribution in [0.2, 0.25) is 0 Å². The van der Waals surface area contributed by atoms with Crippen molar-refractivity contribution in [2.75, 3.05) is 4.90 Å². The highest BCUT2D eigenvalue weighted by molar-refractivity contribution is 6.05. The van der Waals surface area contributed by atoms with Crippen LogP contribution in [0.3, 0.4) is 0 Å². The van der Waals surface area contributed by atoms with E-state index in [-0.39, 0.29) is 28.8 Å². The van der Waals surface area contributed by atoms with E-state index in [1.165, 1.54) is 11.0 Å². The fraction of sp³-hybridized carbons (Fsp3) is 0.429. The average Bonchev–Trinajstić information content (AvgIpc) is 2.76. The number of hydrogen-bond donors (Lipinski definition) is 0. The average molecular weight is 265 g/mol. The lowest BCUT2D eigenvalue weighted by atomic mass is 10.0. The van der Waals surface area contributed by atoms with Crippen molar-refractivity contribution in [3.8, 4) is 0 Å². The second kappa shape index (κ2) is 3.62. The van der Waals surface area contributed by atoms with Gasteiger partial charge in [-0.1, -0.05) is 13.8 Å². The van der Waals surface area contributed by atoms with Gasteiger partial charge in [-0.05, 0) is 17.5 Å². The Hall–Kier alpha value is -1.78. The van der Waals surface area contributed by atoms with Gasteiger partial charge < -0.3 is 9.69 Å². The molecule has 2 fully saturated rings. The highest BCUT2D eigenvalue weighted by Gasteiger charge is 2.72. The van der Waals surface area contributed by atoms with Crippen LogP contribution in [0.25, 0.3) is 0 Å². The Bertz CT molecular complexity index is 585. The molecule has 0 N–H and O–H groups in total. The molecular weight excluding hydrogens is 252 g/mol. The van der Waals surface area contributed by atoms with E-state index in [0.717, 1.165) is 18.4 Å². The van der Waals surface area contributed by atoms with Crippen molar-refractivity contribution in [2.45, 2.75) is 19.9 Å². The maximum atomic E-state index is 13.2. The molecule has 1 amide bonds. The first kappa shape index (κ1) is 12.3. The van der Waals surface area contributed by atoms with E-state index < -0.39 is 17.7 Å². The highest BCUT2D eigenvalue weighted by Crippen LogP contribution is 2.65. The Labute approximate surface area is 109 Å². The number of carbonyl (C=O) groups is 2. The molecule has 0 unspecified atom stereocenters. The minimum absolute atomic E-state index is 0.0365. The maximum Gasteiger partial charge on any atom is 0.231 e. The molecule has 0 radical (unpaired) electrons. The molecule has 1 saturated heterocycles. The van der Waals surface area contributed by atoms with Crippen LogP contribution in [-0.2, 0) is 9.59 Å². The zero-order valence-corrected chi connectivity index (χ0v) is 10.6. The van der Waals surface area contributed by atoms with E-state index >= 15 is 0 Å². The number of hydrogen-bond acceptors (Lipinski definition) is 2. The number of rotatable bonds is 2. The van der Waals surface area contributed by atoms with Crippen LogP contribution in [0, 0.1) is 28.9 Å². The van der Waals surface area contributed by atoms with E-state index in [0.29, 0.717) is 0 Å². The van der Waals surface area contributed by atoms with Gasteiger partial charge in [0.1, 0.15) is 6.29 Å². The number of aldehydes is 1. The van der Waals surface area contributed by atoms with Gasteiger partial charge in [-0.3, -0.25) is 4.79 Å². The molecule has 3 rings (SSSR count). The quantitative estimate of drug-likeness (QED) is 0.768. The summed E-state index contributed by atoms with van der Waals surface area (Å²) in [5, 5.41) is 0. The highest BCUT2D eigenvalue weighted by atomic mass is 19.2. The number of amides is 1. The summed E-state index contributed by atoms with van der Waals surface area (Å²) in [5.74, 6) is -2.40. The molecule has 1 aliphatic heterocycles. The van der Waals surface area contributed by atoms with E-state index in [2.05, 4.69) is 0 Å². The van der Waals surface area contributed by atoms with Gasteiger partial charge in [0.15, 0.2) is 11.6 Å². The first-order valence-corrected chi connectivity index (χ1v) is 6.13. The van der Waals surface area contributed by atoms with Crippen LogP contribution >= 0.6 is 0 Å². The molecule has 0 aromatic heterocycles. The zero-order chi connectivity index (χ0) is 13.9. The van der Waals surface area contributed by atoms with Gasteiger partial charge in [0.25, 0.3) is 0 Å². The second-order valence-electron chi connectivity index (χ2n) is 5.76. The van der Waals surface area contributed by atoms with Crippen molar-refractivity contribution >= 4 is 17.9 Å². The van der Waals surface area contributed by atoms with Crippen molar-refractivity contribution < 1.29 is 18.4 Å². The van der Waals surface area contributed by atoms with Gasteiger partial charge in [-0.2, -0.15) is 0 Å². The molecule has 100 valence electrons. The van der Waals surface area contributed by atoms with Gasteiger partial charge in [0.05, 0.1) is 6.04 Å². The van der Waals surface area contributed by atoms with Gasteiger partial charge in [-0.15, -0.1) is 0 Å². The Morgan fingerprint density at radius 3 is 2.53 bits per heavy atom. The smallest absolute Gasteiger partial charge is 0.231 e. The number of fused-ring (bicyclic) bond motifs is 1. The third-order valence-electron chi connectivity index (χ3n) is 4.40. The number of benzene rings is 1. The number of carbonyl (C=O) groups excluding carboxylic acids is 2. The van der Waals surface area contributed by atoms with E-state index in [1.807, 2.05) is 13.8 Å². The number of nitrogens with zero attached hydrogens (tertiary/aromatic N) is 1. The first-order chi connectivity index (χ1) is 8.89. The fourth-order valence-corrected chi connectivity index (χ4v) is 3.32. The lowest BCUT2D eigenvalue weighted by molar-refractivity contribution is -0.121. The fourth-order valence-electron chi connectivity index (χ4n) is 3.32. The summed E-state index contributed by atoms with van der Waals surface area (Å²) in [5.41, 5.74) is 0.0570. The SMILES string of the molecule is CC1(C)[C@@H]2[C@@H](C=O)N(c3ccc(F)c(F)c3)C(=O)[C@@H]21. The largest absolute Gasteiger partial charge is 0.302 e. The number of anilines is 1. The Balaban J connectivity index is 2.00. The summed E-state index contributed by atoms with van der Waals surface area (Å²) in [6.45, 7) is 3.89. The lowest BCUT2D eigenvalue weighted by Crippen LogP contribution is -2.41. The second-order valence-corrected chi connectivity index (χ2v) is 5.76. The molecule has 1 saturated carbocycles. The zero-order valence-electron chi connectivity index (χ0n) is 10.6. The monoisotopic (exact) mass is 265 g/mol. The van der Waals surface area contributed by atoms with E-state index in [9.17, 15) is 18.4 Å². The van der Waals surface area contributed by atoms with Crippen LogP contribution in [0.1, 0.15) is 13.8 Å². The number of piperidine rings is 1. The summed E-state index contributed by atoms with van der Waals surface area (Å²) in [4.78, 5) is 24.8. The van der Waals surface area contributed by atoms with E-state index in [4.69, 9.17) is 0 Å². The molecule has 0 bridgehead atoms. The Morgan fingerprint density at radius 1 is 1.26 bits per heavy atom. The molecule has 1 aliphatic carbocycles. The third kappa shape index (κ3) is 1.47. The van der Waals surface area contributed by atoms with Crippen LogP contribution in [0.5, 0.6) is 0 Å². The first-order valence-electron chi connectivity index (χ1n) is 6.13. The molecule has 2 aliphatic rings. The molecule has 19 heavy (non-hydrogen) atoms. The standard InChI is InChI=1S/C14H13F2NO2/c1-14(2)11-10(6-18)17(13(19)12(11)14)7-3-4-8(15)9(16)5-7/h3-6,10-12H,1-2H3/t10-,11-,12-/m1/s1. The van der Waals surface area contributed by atoms with Gasteiger partial charge in [0.2, 0.25) is 5.91 Å². The topological polar surface area (TPSA) is 37.4 Å². The maximum absolute atomic E-state index is 13.2. The Kier molecular flexibility index (Phi) is 2.34. The van der Waals surface area contributed by atoms with Crippen molar-refractivity contribution in [1.29, 1.82) is 0 Å².